The number of rotatable bonds is 3. The zero-order valence-corrected chi connectivity index (χ0v) is 11.6. The predicted molar refractivity (Wildman–Crippen MR) is 71.2 cm³/mol. The van der Waals surface area contributed by atoms with Crippen LogP contribution in [0.2, 0.25) is 0 Å². The number of thioether (sulfide) groups is 1. The first-order valence-corrected chi connectivity index (χ1v) is 6.91. The molecule has 0 amide bonds. The van der Waals surface area contributed by atoms with Gasteiger partial charge in [-0.2, -0.15) is 0 Å². The summed E-state index contributed by atoms with van der Waals surface area (Å²) in [6.45, 7) is 1.67. The number of methoxy groups -OCH3 is 1. The van der Waals surface area contributed by atoms with Gasteiger partial charge in [-0.15, -0.1) is 0 Å². The number of ether oxygens (including phenoxy) is 2. The number of aliphatic hydroxyl groups is 3. The summed E-state index contributed by atoms with van der Waals surface area (Å²) in [6.07, 6.45) is -3.91. The molecular weight excluding hydrogens is 268 g/mol. The average Bonchev–Trinajstić information content (AvgIpc) is 2.43. The van der Waals surface area contributed by atoms with Crippen LogP contribution in [-0.2, 0) is 4.74 Å². The lowest BCUT2D eigenvalue weighted by atomic mass is 10.0. The molecule has 6 heteroatoms. The van der Waals surface area contributed by atoms with E-state index < -0.39 is 29.9 Å². The summed E-state index contributed by atoms with van der Waals surface area (Å²) in [7, 11) is 1.59. The summed E-state index contributed by atoms with van der Waals surface area (Å²) in [5.41, 5.74) is -0.609. The van der Waals surface area contributed by atoms with Crippen LogP contribution in [0.5, 0.6) is 5.75 Å². The Morgan fingerprint density at radius 2 is 1.68 bits per heavy atom. The van der Waals surface area contributed by atoms with Crippen LogP contribution in [0, 0.1) is 0 Å². The van der Waals surface area contributed by atoms with Gasteiger partial charge in [-0.3, -0.25) is 0 Å². The maximum Gasteiger partial charge on any atom is 0.136 e. The highest BCUT2D eigenvalue weighted by atomic mass is 32.2. The van der Waals surface area contributed by atoms with Crippen molar-refractivity contribution in [1.82, 2.24) is 0 Å². The number of hydrogen-bond acceptors (Lipinski definition) is 6. The van der Waals surface area contributed by atoms with Crippen molar-refractivity contribution in [2.24, 2.45) is 0 Å². The Morgan fingerprint density at radius 1 is 1.05 bits per heavy atom. The summed E-state index contributed by atoms with van der Waals surface area (Å²) in [6, 6.07) is 7.32. The lowest BCUT2D eigenvalue weighted by molar-refractivity contribution is -0.192. The molecule has 1 fully saturated rings. The molecule has 1 aromatic rings. The van der Waals surface area contributed by atoms with E-state index in [4.69, 9.17) is 9.47 Å². The molecule has 1 saturated heterocycles. The average molecular weight is 286 g/mol. The van der Waals surface area contributed by atoms with Gasteiger partial charge in [0, 0.05) is 4.90 Å². The highest BCUT2D eigenvalue weighted by Crippen LogP contribution is 2.33. The van der Waals surface area contributed by atoms with Gasteiger partial charge in [-0.25, -0.2) is 0 Å². The van der Waals surface area contributed by atoms with Crippen molar-refractivity contribution < 1.29 is 24.8 Å². The number of hydrogen-bond donors (Lipinski definition) is 3. The Balaban J connectivity index is 2.05. The lowest BCUT2D eigenvalue weighted by Crippen LogP contribution is -2.55. The van der Waals surface area contributed by atoms with Crippen molar-refractivity contribution >= 4 is 11.8 Å². The fourth-order valence-corrected chi connectivity index (χ4v) is 2.99. The van der Waals surface area contributed by atoms with E-state index in [1.54, 1.807) is 14.0 Å². The van der Waals surface area contributed by atoms with Crippen LogP contribution in [0.3, 0.4) is 0 Å². The van der Waals surface area contributed by atoms with Crippen molar-refractivity contribution in [2.75, 3.05) is 7.11 Å². The molecule has 5 atom stereocenters. The standard InChI is InChI=1S/C13H18O5S/c1-7-10(14)11(15)12(16)13(18-7)19-9-5-3-8(17-2)4-6-9/h3-7,10-16H,1-2H3/t7-,10+,11+,12-,13+/m0/s1. The minimum atomic E-state index is -1.19. The maximum atomic E-state index is 9.91. The van der Waals surface area contributed by atoms with Gasteiger partial charge in [0.2, 0.25) is 0 Å². The third-order valence-electron chi connectivity index (χ3n) is 3.12. The predicted octanol–water partition coefficient (Wildman–Crippen LogP) is 0.615. The van der Waals surface area contributed by atoms with Crippen molar-refractivity contribution in [1.29, 1.82) is 0 Å². The highest BCUT2D eigenvalue weighted by Gasteiger charge is 2.42. The van der Waals surface area contributed by atoms with Crippen molar-refractivity contribution in [3.63, 3.8) is 0 Å². The SMILES string of the molecule is COc1ccc(S[C@H]2O[C@@H](C)[C@@H](O)[C@@H](O)[C@@H]2O)cc1. The molecule has 19 heavy (non-hydrogen) atoms. The third kappa shape index (κ3) is 3.21. The molecule has 1 aromatic carbocycles. The van der Waals surface area contributed by atoms with E-state index in [1.165, 1.54) is 11.8 Å². The van der Waals surface area contributed by atoms with Crippen LogP contribution < -0.4 is 4.74 Å². The second kappa shape index (κ2) is 6.11. The Labute approximate surface area is 116 Å². The Morgan fingerprint density at radius 3 is 2.26 bits per heavy atom. The molecule has 0 aliphatic carbocycles. The topological polar surface area (TPSA) is 79.2 Å². The first-order valence-electron chi connectivity index (χ1n) is 6.03. The second-order valence-corrected chi connectivity index (χ2v) is 5.65. The van der Waals surface area contributed by atoms with E-state index in [-0.39, 0.29) is 0 Å². The van der Waals surface area contributed by atoms with Gasteiger partial charge >= 0.3 is 0 Å². The van der Waals surface area contributed by atoms with Crippen LogP contribution in [0.25, 0.3) is 0 Å². The van der Waals surface area contributed by atoms with Crippen molar-refractivity contribution in [3.05, 3.63) is 24.3 Å². The van der Waals surface area contributed by atoms with Gasteiger partial charge in [0.15, 0.2) is 0 Å². The molecule has 5 nitrogen and oxygen atoms in total. The van der Waals surface area contributed by atoms with Gasteiger partial charge in [-0.1, -0.05) is 11.8 Å². The van der Waals surface area contributed by atoms with E-state index in [2.05, 4.69) is 0 Å². The van der Waals surface area contributed by atoms with Gasteiger partial charge in [-0.05, 0) is 31.2 Å². The zero-order valence-electron chi connectivity index (χ0n) is 10.8. The van der Waals surface area contributed by atoms with E-state index in [1.807, 2.05) is 24.3 Å². The minimum Gasteiger partial charge on any atom is -0.497 e. The minimum absolute atomic E-state index is 0.519. The molecule has 1 aliphatic heterocycles. The smallest absolute Gasteiger partial charge is 0.136 e. The monoisotopic (exact) mass is 286 g/mol. The highest BCUT2D eigenvalue weighted by molar-refractivity contribution is 7.99. The molecule has 1 heterocycles. The van der Waals surface area contributed by atoms with Crippen LogP contribution in [0.15, 0.2) is 29.2 Å². The summed E-state index contributed by atoms with van der Waals surface area (Å²) in [5.74, 6) is 0.748. The molecule has 106 valence electrons. The Bertz CT molecular complexity index is 410. The summed E-state index contributed by atoms with van der Waals surface area (Å²) < 4.78 is 10.6. The summed E-state index contributed by atoms with van der Waals surface area (Å²) >= 11 is 1.30. The third-order valence-corrected chi connectivity index (χ3v) is 4.29. The molecular formula is C13H18O5S. The first kappa shape index (κ1) is 14.6. The molecule has 3 N–H and O–H groups in total. The van der Waals surface area contributed by atoms with E-state index in [0.717, 1.165) is 10.6 Å². The van der Waals surface area contributed by atoms with Gasteiger partial charge in [0.25, 0.3) is 0 Å². The molecule has 0 saturated carbocycles. The van der Waals surface area contributed by atoms with Crippen LogP contribution in [0.4, 0.5) is 0 Å². The second-order valence-electron chi connectivity index (χ2n) is 4.47. The Kier molecular flexibility index (Phi) is 4.70. The van der Waals surface area contributed by atoms with Crippen molar-refractivity contribution in [2.45, 2.75) is 41.7 Å². The molecule has 0 aromatic heterocycles. The Hall–Kier alpha value is -0.790. The molecule has 0 radical (unpaired) electrons. The fourth-order valence-electron chi connectivity index (χ4n) is 1.90. The van der Waals surface area contributed by atoms with Crippen LogP contribution in [-0.4, -0.2) is 52.3 Å². The number of aliphatic hydroxyl groups excluding tert-OH is 3. The maximum absolute atomic E-state index is 9.91. The lowest BCUT2D eigenvalue weighted by Gasteiger charge is -2.38. The van der Waals surface area contributed by atoms with E-state index in [9.17, 15) is 15.3 Å². The molecule has 1 aliphatic rings. The molecule has 0 unspecified atom stereocenters. The molecule has 0 bridgehead atoms. The van der Waals surface area contributed by atoms with E-state index in [0.29, 0.717) is 0 Å². The zero-order chi connectivity index (χ0) is 14.0. The fraction of sp³-hybridized carbons (Fsp3) is 0.538. The summed E-state index contributed by atoms with van der Waals surface area (Å²) in [4.78, 5) is 0.889. The van der Waals surface area contributed by atoms with Crippen molar-refractivity contribution in [3.8, 4) is 5.75 Å². The van der Waals surface area contributed by atoms with Crippen LogP contribution >= 0.6 is 11.8 Å². The van der Waals surface area contributed by atoms with Crippen LogP contribution in [0.1, 0.15) is 6.92 Å². The quantitative estimate of drug-likeness (QED) is 0.756. The van der Waals surface area contributed by atoms with Gasteiger partial charge < -0.3 is 24.8 Å². The van der Waals surface area contributed by atoms with E-state index >= 15 is 0 Å². The van der Waals surface area contributed by atoms with Gasteiger partial charge in [0.05, 0.1) is 13.2 Å². The number of benzene rings is 1. The molecule has 2 rings (SSSR count). The summed E-state index contributed by atoms with van der Waals surface area (Å²) in [5, 5.41) is 29.2. The molecule has 0 spiro atoms. The largest absolute Gasteiger partial charge is 0.497 e. The first-order chi connectivity index (χ1) is 9.02. The van der Waals surface area contributed by atoms with Gasteiger partial charge in [0.1, 0.15) is 29.5 Å². The normalized spacial score (nSPS) is 35.1.